The quantitative estimate of drug-likeness (QED) is 0.801. The maximum Gasteiger partial charge on any atom is 0.408 e. The number of hydrogen-bond donors (Lipinski definition) is 1. The van der Waals surface area contributed by atoms with E-state index in [0.717, 1.165) is 25.0 Å². The van der Waals surface area contributed by atoms with E-state index in [2.05, 4.69) is 21.2 Å². The van der Waals surface area contributed by atoms with Gasteiger partial charge in [-0.05, 0) is 49.5 Å². The Labute approximate surface area is 136 Å². The third-order valence-electron chi connectivity index (χ3n) is 3.09. The van der Waals surface area contributed by atoms with Crippen LogP contribution in [0.1, 0.15) is 33.6 Å². The topological polar surface area (TPSA) is 47.6 Å². The average Bonchev–Trinajstić information content (AvgIpc) is 3.11. The van der Waals surface area contributed by atoms with E-state index >= 15 is 0 Å². The van der Waals surface area contributed by atoms with Crippen LogP contribution < -0.4 is 10.1 Å². The summed E-state index contributed by atoms with van der Waals surface area (Å²) in [6.45, 7) is 5.45. The van der Waals surface area contributed by atoms with Gasteiger partial charge in [-0.1, -0.05) is 0 Å². The highest BCUT2D eigenvalue weighted by atomic mass is 79.9. The molecule has 0 bridgehead atoms. The molecule has 2 rings (SSSR count). The molecule has 1 amide bonds. The maximum atomic E-state index is 13.4. The third-order valence-corrected chi connectivity index (χ3v) is 3.85. The molecule has 1 fully saturated rings. The second-order valence-electron chi connectivity index (χ2n) is 6.40. The minimum Gasteiger partial charge on any atom is -0.491 e. The Morgan fingerprint density at radius 1 is 1.32 bits per heavy atom. The lowest BCUT2D eigenvalue weighted by Gasteiger charge is -2.23. The molecule has 1 aliphatic rings. The standard InChI is InChI=1S/C15H18BrF2NO3/c1-14(2,3)22-13(20)19-15(4-5-15)8-21-9-6-10(17)12(16)11(18)7-9/h6-7H,4-5,8H2,1-3H3,(H,19,20). The van der Waals surface area contributed by atoms with Gasteiger partial charge in [0.15, 0.2) is 0 Å². The van der Waals surface area contributed by atoms with Crippen molar-refractivity contribution >= 4 is 22.0 Å². The summed E-state index contributed by atoms with van der Waals surface area (Å²) in [5.41, 5.74) is -1.11. The summed E-state index contributed by atoms with van der Waals surface area (Å²) in [5, 5.41) is 2.75. The number of ether oxygens (including phenoxy) is 2. The first-order chi connectivity index (χ1) is 10.1. The lowest BCUT2D eigenvalue weighted by Crippen LogP contribution is -2.44. The molecule has 0 spiro atoms. The summed E-state index contributed by atoms with van der Waals surface area (Å²) in [6.07, 6.45) is 0.934. The van der Waals surface area contributed by atoms with E-state index in [1.165, 1.54) is 0 Å². The van der Waals surface area contributed by atoms with Gasteiger partial charge in [-0.2, -0.15) is 0 Å². The third kappa shape index (κ3) is 4.56. The van der Waals surface area contributed by atoms with Crippen molar-refractivity contribution in [3.8, 4) is 5.75 Å². The van der Waals surface area contributed by atoms with E-state index in [-0.39, 0.29) is 16.8 Å². The van der Waals surface area contributed by atoms with Crippen LogP contribution in [0.15, 0.2) is 16.6 Å². The van der Waals surface area contributed by atoms with Crippen molar-refractivity contribution in [2.45, 2.75) is 44.8 Å². The highest BCUT2D eigenvalue weighted by Gasteiger charge is 2.46. The minimum absolute atomic E-state index is 0.0791. The number of halogens is 3. The molecule has 0 aliphatic heterocycles. The molecule has 1 aliphatic carbocycles. The zero-order valence-corrected chi connectivity index (χ0v) is 14.2. The molecule has 4 nitrogen and oxygen atoms in total. The number of carbonyl (C=O) groups excluding carboxylic acids is 1. The largest absolute Gasteiger partial charge is 0.491 e. The van der Waals surface area contributed by atoms with Crippen LogP contribution in [0.3, 0.4) is 0 Å². The molecule has 1 aromatic carbocycles. The van der Waals surface area contributed by atoms with E-state index < -0.39 is 28.9 Å². The summed E-state index contributed by atoms with van der Waals surface area (Å²) >= 11 is 2.80. The van der Waals surface area contributed by atoms with Gasteiger partial charge in [0, 0.05) is 12.1 Å². The molecule has 1 aromatic rings. The van der Waals surface area contributed by atoms with E-state index in [9.17, 15) is 13.6 Å². The van der Waals surface area contributed by atoms with Gasteiger partial charge >= 0.3 is 6.09 Å². The van der Waals surface area contributed by atoms with Crippen molar-refractivity contribution in [3.63, 3.8) is 0 Å². The Balaban J connectivity index is 1.92. The van der Waals surface area contributed by atoms with Crippen molar-refractivity contribution < 1.29 is 23.0 Å². The first-order valence-corrected chi connectivity index (χ1v) is 7.68. The van der Waals surface area contributed by atoms with Gasteiger partial charge in [0.1, 0.15) is 29.6 Å². The van der Waals surface area contributed by atoms with E-state index in [4.69, 9.17) is 9.47 Å². The highest BCUT2D eigenvalue weighted by Crippen LogP contribution is 2.36. The molecule has 1 N–H and O–H groups in total. The molecule has 122 valence electrons. The maximum absolute atomic E-state index is 13.4. The molecule has 0 saturated heterocycles. The Kier molecular flexibility index (Phi) is 4.65. The minimum atomic E-state index is -0.736. The lowest BCUT2D eigenvalue weighted by molar-refractivity contribution is 0.0477. The molecule has 7 heteroatoms. The monoisotopic (exact) mass is 377 g/mol. The second kappa shape index (κ2) is 6.02. The van der Waals surface area contributed by atoms with Crippen molar-refractivity contribution in [2.24, 2.45) is 0 Å². The summed E-state index contributed by atoms with van der Waals surface area (Å²) in [7, 11) is 0. The molecule has 0 atom stereocenters. The van der Waals surface area contributed by atoms with Gasteiger partial charge in [0.25, 0.3) is 0 Å². The van der Waals surface area contributed by atoms with Crippen LogP contribution in [0.4, 0.5) is 13.6 Å². The number of alkyl carbamates (subject to hydrolysis) is 1. The number of nitrogens with one attached hydrogen (secondary N) is 1. The summed E-state index contributed by atoms with van der Waals surface area (Å²) < 4.78 is 37.2. The van der Waals surface area contributed by atoms with Gasteiger partial charge < -0.3 is 14.8 Å². The van der Waals surface area contributed by atoms with E-state index in [1.807, 2.05) is 0 Å². The molecule has 0 radical (unpaired) electrons. The normalized spacial score (nSPS) is 16.1. The summed E-state index contributed by atoms with van der Waals surface area (Å²) in [5.74, 6) is -1.39. The van der Waals surface area contributed by atoms with Crippen molar-refractivity contribution in [1.29, 1.82) is 0 Å². The molecule has 0 heterocycles. The lowest BCUT2D eigenvalue weighted by atomic mass is 10.2. The Morgan fingerprint density at radius 2 is 1.86 bits per heavy atom. The Bertz CT molecular complexity index is 560. The second-order valence-corrected chi connectivity index (χ2v) is 7.19. The van der Waals surface area contributed by atoms with Gasteiger partial charge in [-0.15, -0.1) is 0 Å². The number of amides is 1. The average molecular weight is 378 g/mol. The summed E-state index contributed by atoms with van der Waals surface area (Å²) in [6, 6.07) is 2.19. The van der Waals surface area contributed by atoms with Crippen LogP contribution in [-0.2, 0) is 4.74 Å². The zero-order valence-electron chi connectivity index (χ0n) is 12.6. The fourth-order valence-corrected chi connectivity index (χ4v) is 2.04. The van der Waals surface area contributed by atoms with Crippen molar-refractivity contribution in [3.05, 3.63) is 28.2 Å². The molecular weight excluding hydrogens is 360 g/mol. The number of hydrogen-bond acceptors (Lipinski definition) is 3. The first-order valence-electron chi connectivity index (χ1n) is 6.89. The fourth-order valence-electron chi connectivity index (χ4n) is 1.81. The Morgan fingerprint density at radius 3 is 2.32 bits per heavy atom. The van der Waals surface area contributed by atoms with Crippen molar-refractivity contribution in [2.75, 3.05) is 6.61 Å². The molecule has 0 unspecified atom stereocenters. The smallest absolute Gasteiger partial charge is 0.408 e. The first kappa shape index (κ1) is 17.0. The predicted octanol–water partition coefficient (Wildman–Crippen LogP) is 4.16. The SMILES string of the molecule is CC(C)(C)OC(=O)NC1(COc2cc(F)c(Br)c(F)c2)CC1. The van der Waals surface area contributed by atoms with Crippen LogP contribution >= 0.6 is 15.9 Å². The zero-order chi connectivity index (χ0) is 16.5. The van der Waals surface area contributed by atoms with Gasteiger partial charge in [-0.25, -0.2) is 13.6 Å². The van der Waals surface area contributed by atoms with Crippen LogP contribution in [0.25, 0.3) is 0 Å². The molecule has 0 aromatic heterocycles. The Hall–Kier alpha value is -1.37. The van der Waals surface area contributed by atoms with Crippen molar-refractivity contribution in [1.82, 2.24) is 5.32 Å². The van der Waals surface area contributed by atoms with Crippen LogP contribution in [-0.4, -0.2) is 23.8 Å². The van der Waals surface area contributed by atoms with Crippen LogP contribution in [0, 0.1) is 11.6 Å². The van der Waals surface area contributed by atoms with E-state index in [1.54, 1.807) is 20.8 Å². The summed E-state index contributed by atoms with van der Waals surface area (Å²) in [4.78, 5) is 11.8. The van der Waals surface area contributed by atoms with Crippen LogP contribution in [0.5, 0.6) is 5.75 Å². The van der Waals surface area contributed by atoms with Gasteiger partial charge in [0.05, 0.1) is 10.0 Å². The van der Waals surface area contributed by atoms with Gasteiger partial charge in [0.2, 0.25) is 0 Å². The molecule has 22 heavy (non-hydrogen) atoms. The number of carbonyl (C=O) groups is 1. The number of benzene rings is 1. The van der Waals surface area contributed by atoms with Gasteiger partial charge in [-0.3, -0.25) is 0 Å². The van der Waals surface area contributed by atoms with Crippen LogP contribution in [0.2, 0.25) is 0 Å². The molecule has 1 saturated carbocycles. The highest BCUT2D eigenvalue weighted by molar-refractivity contribution is 9.10. The predicted molar refractivity (Wildman–Crippen MR) is 80.9 cm³/mol. The molecular formula is C15H18BrF2NO3. The fraction of sp³-hybridized carbons (Fsp3) is 0.533. The number of rotatable bonds is 4. The van der Waals surface area contributed by atoms with E-state index in [0.29, 0.717) is 0 Å².